The van der Waals surface area contributed by atoms with E-state index in [4.69, 9.17) is 16.3 Å². The third kappa shape index (κ3) is 3.39. The zero-order valence-electron chi connectivity index (χ0n) is 7.88. The number of hydrogen-bond donors (Lipinski definition) is 0. The fourth-order valence-corrected chi connectivity index (χ4v) is 1.47. The second-order valence-electron chi connectivity index (χ2n) is 3.12. The Bertz CT molecular complexity index is 211. The summed E-state index contributed by atoms with van der Waals surface area (Å²) < 4.78 is 4.89. The summed E-state index contributed by atoms with van der Waals surface area (Å²) in [5.41, 5.74) is 1.23. The molecule has 74 valence electrons. The van der Waals surface area contributed by atoms with E-state index in [9.17, 15) is 4.79 Å². The maximum atomic E-state index is 11.1. The molecule has 0 unspecified atom stereocenters. The van der Waals surface area contributed by atoms with Crippen molar-refractivity contribution < 1.29 is 9.53 Å². The van der Waals surface area contributed by atoms with Crippen molar-refractivity contribution in [3.63, 3.8) is 0 Å². The zero-order chi connectivity index (χ0) is 9.68. The standard InChI is InChI=1S/C10H15ClO2/c1-2-13-10(12)9-7-8(9)5-3-4-6-11/h7,9H,2-6H2,1H3/t9-/m1/s1. The molecule has 0 aromatic heterocycles. The second kappa shape index (κ2) is 5.28. The van der Waals surface area contributed by atoms with Crippen molar-refractivity contribution in [2.75, 3.05) is 12.5 Å². The van der Waals surface area contributed by atoms with E-state index in [2.05, 4.69) is 0 Å². The van der Waals surface area contributed by atoms with Gasteiger partial charge in [0.2, 0.25) is 0 Å². The van der Waals surface area contributed by atoms with Gasteiger partial charge in [0.05, 0.1) is 12.5 Å². The summed E-state index contributed by atoms with van der Waals surface area (Å²) in [6.45, 7) is 2.30. The largest absolute Gasteiger partial charge is 0.465 e. The van der Waals surface area contributed by atoms with Gasteiger partial charge in [0.25, 0.3) is 0 Å². The van der Waals surface area contributed by atoms with Gasteiger partial charge >= 0.3 is 5.97 Å². The Morgan fingerprint density at radius 1 is 1.62 bits per heavy atom. The monoisotopic (exact) mass is 202 g/mol. The molecule has 0 aromatic rings. The van der Waals surface area contributed by atoms with Crippen molar-refractivity contribution in [2.24, 2.45) is 5.92 Å². The van der Waals surface area contributed by atoms with Crippen LogP contribution in [0.3, 0.4) is 0 Å². The lowest BCUT2D eigenvalue weighted by molar-refractivity contribution is -0.144. The molecule has 1 rings (SSSR count). The Morgan fingerprint density at radius 3 is 3.00 bits per heavy atom. The van der Waals surface area contributed by atoms with E-state index in [1.54, 1.807) is 0 Å². The number of carbonyl (C=O) groups excluding carboxylic acids is 1. The van der Waals surface area contributed by atoms with Crippen molar-refractivity contribution in [1.29, 1.82) is 0 Å². The lowest BCUT2D eigenvalue weighted by Gasteiger charge is -2.00. The minimum atomic E-state index is -0.0941. The summed E-state index contributed by atoms with van der Waals surface area (Å²) in [5.74, 6) is 0.607. The highest BCUT2D eigenvalue weighted by molar-refractivity contribution is 6.17. The van der Waals surface area contributed by atoms with E-state index < -0.39 is 0 Å². The third-order valence-electron chi connectivity index (χ3n) is 2.06. The maximum absolute atomic E-state index is 11.1. The summed E-state index contributed by atoms with van der Waals surface area (Å²) in [5, 5.41) is 0. The fraction of sp³-hybridized carbons (Fsp3) is 0.700. The second-order valence-corrected chi connectivity index (χ2v) is 3.50. The highest BCUT2D eigenvalue weighted by Crippen LogP contribution is 2.34. The first-order valence-corrected chi connectivity index (χ1v) is 5.26. The first-order valence-electron chi connectivity index (χ1n) is 4.72. The smallest absolute Gasteiger partial charge is 0.316 e. The SMILES string of the molecule is CCOC(=O)[C@@H]1C=C1CCCCCl. The van der Waals surface area contributed by atoms with Crippen LogP contribution in [0.5, 0.6) is 0 Å². The van der Waals surface area contributed by atoms with E-state index in [0.717, 1.165) is 19.3 Å². The van der Waals surface area contributed by atoms with Gasteiger partial charge in [-0.3, -0.25) is 4.79 Å². The lowest BCUT2D eigenvalue weighted by Crippen LogP contribution is -2.08. The van der Waals surface area contributed by atoms with Gasteiger partial charge in [0, 0.05) is 5.88 Å². The predicted molar refractivity (Wildman–Crippen MR) is 52.8 cm³/mol. The molecule has 3 heteroatoms. The number of unbranched alkanes of at least 4 members (excludes halogenated alkanes) is 1. The van der Waals surface area contributed by atoms with Crippen LogP contribution in [0.25, 0.3) is 0 Å². The Labute approximate surface area is 83.9 Å². The topological polar surface area (TPSA) is 26.3 Å². The number of rotatable bonds is 6. The molecule has 0 amide bonds. The molecule has 0 heterocycles. The first-order chi connectivity index (χ1) is 6.29. The molecule has 0 radical (unpaired) electrons. The van der Waals surface area contributed by atoms with E-state index >= 15 is 0 Å². The fourth-order valence-electron chi connectivity index (χ4n) is 1.28. The van der Waals surface area contributed by atoms with Crippen LogP contribution >= 0.6 is 11.6 Å². The molecule has 0 spiro atoms. The number of ether oxygens (including phenoxy) is 1. The summed E-state index contributed by atoms with van der Waals surface area (Å²) >= 11 is 5.54. The summed E-state index contributed by atoms with van der Waals surface area (Å²) in [6.07, 6.45) is 5.07. The van der Waals surface area contributed by atoms with Crippen LogP contribution in [-0.2, 0) is 9.53 Å². The molecule has 1 aliphatic rings. The number of alkyl halides is 1. The molecule has 13 heavy (non-hydrogen) atoms. The number of halogens is 1. The van der Waals surface area contributed by atoms with Gasteiger partial charge < -0.3 is 4.74 Å². The number of esters is 1. The van der Waals surface area contributed by atoms with Crippen molar-refractivity contribution in [3.8, 4) is 0 Å². The molecule has 0 N–H and O–H groups in total. The highest BCUT2D eigenvalue weighted by atomic mass is 35.5. The van der Waals surface area contributed by atoms with E-state index in [-0.39, 0.29) is 11.9 Å². The van der Waals surface area contributed by atoms with Crippen LogP contribution < -0.4 is 0 Å². The molecule has 0 saturated carbocycles. The van der Waals surface area contributed by atoms with E-state index in [1.807, 2.05) is 13.0 Å². The van der Waals surface area contributed by atoms with Crippen molar-refractivity contribution in [3.05, 3.63) is 11.6 Å². The average molecular weight is 203 g/mol. The molecule has 0 bridgehead atoms. The Balaban J connectivity index is 2.07. The Morgan fingerprint density at radius 2 is 2.38 bits per heavy atom. The van der Waals surface area contributed by atoms with Gasteiger partial charge in [-0.15, -0.1) is 11.6 Å². The highest BCUT2D eigenvalue weighted by Gasteiger charge is 2.32. The van der Waals surface area contributed by atoms with Crippen LogP contribution in [0, 0.1) is 5.92 Å². The van der Waals surface area contributed by atoms with Crippen molar-refractivity contribution >= 4 is 17.6 Å². The molecule has 0 aromatic carbocycles. The van der Waals surface area contributed by atoms with Crippen LogP contribution in [0.1, 0.15) is 26.2 Å². The quantitative estimate of drug-likeness (QED) is 0.286. The van der Waals surface area contributed by atoms with Gasteiger partial charge in [-0.05, 0) is 26.2 Å². The Hall–Kier alpha value is -0.500. The molecule has 0 aliphatic heterocycles. The minimum absolute atomic E-state index is 0.00437. The average Bonchev–Trinajstić information content (AvgIpc) is 2.85. The van der Waals surface area contributed by atoms with Gasteiger partial charge in [-0.2, -0.15) is 0 Å². The molecular formula is C10H15ClO2. The number of hydrogen-bond acceptors (Lipinski definition) is 2. The summed E-state index contributed by atoms with van der Waals surface area (Å²) in [7, 11) is 0. The van der Waals surface area contributed by atoms with E-state index in [0.29, 0.717) is 12.5 Å². The van der Waals surface area contributed by atoms with E-state index in [1.165, 1.54) is 5.57 Å². The summed E-state index contributed by atoms with van der Waals surface area (Å²) in [4.78, 5) is 11.1. The zero-order valence-corrected chi connectivity index (χ0v) is 8.64. The molecule has 1 atom stereocenters. The molecular weight excluding hydrogens is 188 g/mol. The minimum Gasteiger partial charge on any atom is -0.465 e. The summed E-state index contributed by atoms with van der Waals surface area (Å²) in [6, 6.07) is 0. The number of carbonyl (C=O) groups is 1. The lowest BCUT2D eigenvalue weighted by atomic mass is 10.1. The predicted octanol–water partition coefficient (Wildman–Crippen LogP) is 2.51. The van der Waals surface area contributed by atoms with Crippen LogP contribution in [0.15, 0.2) is 11.6 Å². The molecule has 0 fully saturated rings. The molecule has 0 saturated heterocycles. The third-order valence-corrected chi connectivity index (χ3v) is 2.33. The van der Waals surface area contributed by atoms with Crippen molar-refractivity contribution in [2.45, 2.75) is 26.2 Å². The van der Waals surface area contributed by atoms with Gasteiger partial charge in [-0.1, -0.05) is 11.6 Å². The van der Waals surface area contributed by atoms with Crippen molar-refractivity contribution in [1.82, 2.24) is 0 Å². The van der Waals surface area contributed by atoms with Crippen LogP contribution in [0.2, 0.25) is 0 Å². The molecule has 2 nitrogen and oxygen atoms in total. The normalized spacial score (nSPS) is 19.5. The van der Waals surface area contributed by atoms with Gasteiger partial charge in [-0.25, -0.2) is 0 Å². The van der Waals surface area contributed by atoms with Gasteiger partial charge in [0.15, 0.2) is 0 Å². The first kappa shape index (κ1) is 10.6. The van der Waals surface area contributed by atoms with Gasteiger partial charge in [0.1, 0.15) is 0 Å². The molecule has 1 aliphatic carbocycles. The maximum Gasteiger partial charge on any atom is 0.316 e. The van der Waals surface area contributed by atoms with Crippen LogP contribution in [-0.4, -0.2) is 18.5 Å². The van der Waals surface area contributed by atoms with Crippen LogP contribution in [0.4, 0.5) is 0 Å². The Kier molecular flexibility index (Phi) is 4.29.